The summed E-state index contributed by atoms with van der Waals surface area (Å²) in [5, 5.41) is 8.97. The molecule has 0 bridgehead atoms. The number of aliphatic carboxylic acids is 1. The van der Waals surface area contributed by atoms with Gasteiger partial charge in [-0.2, -0.15) is 0 Å². The SMILES string of the molecule is COc1ccccc1[C@@H]1[C@@H](C(=O)O)C1(Cl)Cl. The third kappa shape index (κ3) is 1.64. The zero-order chi connectivity index (χ0) is 11.9. The molecule has 2 atom stereocenters. The molecule has 1 aromatic carbocycles. The molecule has 0 radical (unpaired) electrons. The molecule has 86 valence electrons. The van der Waals surface area contributed by atoms with E-state index in [4.69, 9.17) is 33.0 Å². The molecule has 0 heterocycles. The predicted molar refractivity (Wildman–Crippen MR) is 61.3 cm³/mol. The summed E-state index contributed by atoms with van der Waals surface area (Å²) in [5.74, 6) is -1.56. The van der Waals surface area contributed by atoms with Crippen LogP contribution in [0.3, 0.4) is 0 Å². The fourth-order valence-corrected chi connectivity index (χ4v) is 2.74. The Morgan fingerprint density at radius 1 is 1.44 bits per heavy atom. The van der Waals surface area contributed by atoms with Crippen LogP contribution in [0.1, 0.15) is 11.5 Å². The highest BCUT2D eigenvalue weighted by Gasteiger charge is 2.68. The summed E-state index contributed by atoms with van der Waals surface area (Å²) in [4.78, 5) is 11.0. The maximum absolute atomic E-state index is 11.0. The number of hydrogen-bond acceptors (Lipinski definition) is 2. The Kier molecular flexibility index (Phi) is 2.76. The summed E-state index contributed by atoms with van der Waals surface area (Å²) < 4.78 is 3.92. The Balaban J connectivity index is 2.37. The van der Waals surface area contributed by atoms with Crippen LogP contribution in [-0.2, 0) is 4.79 Å². The van der Waals surface area contributed by atoms with Crippen LogP contribution in [0.2, 0.25) is 0 Å². The molecule has 3 nitrogen and oxygen atoms in total. The molecule has 16 heavy (non-hydrogen) atoms. The first-order valence-corrected chi connectivity index (χ1v) is 5.49. The van der Waals surface area contributed by atoms with Gasteiger partial charge in [-0.05, 0) is 6.07 Å². The second-order valence-electron chi connectivity index (χ2n) is 3.71. The van der Waals surface area contributed by atoms with Gasteiger partial charge in [0.15, 0.2) is 0 Å². The van der Waals surface area contributed by atoms with Gasteiger partial charge in [0.05, 0.1) is 7.11 Å². The van der Waals surface area contributed by atoms with E-state index in [9.17, 15) is 4.79 Å². The van der Waals surface area contributed by atoms with E-state index in [0.29, 0.717) is 5.75 Å². The zero-order valence-corrected chi connectivity index (χ0v) is 10.00. The summed E-state index contributed by atoms with van der Waals surface area (Å²) in [7, 11) is 1.53. The fraction of sp³-hybridized carbons (Fsp3) is 0.364. The first-order valence-electron chi connectivity index (χ1n) is 4.73. The Morgan fingerprint density at radius 2 is 2.06 bits per heavy atom. The molecule has 0 saturated heterocycles. The largest absolute Gasteiger partial charge is 0.496 e. The van der Waals surface area contributed by atoms with Gasteiger partial charge >= 0.3 is 5.97 Å². The number of carboxylic acid groups (broad SMARTS) is 1. The summed E-state index contributed by atoms with van der Waals surface area (Å²) in [5.41, 5.74) is 0.738. The van der Waals surface area contributed by atoms with Gasteiger partial charge in [-0.25, -0.2) is 0 Å². The Morgan fingerprint density at radius 3 is 2.56 bits per heavy atom. The number of alkyl halides is 2. The van der Waals surface area contributed by atoms with Gasteiger partial charge in [0.25, 0.3) is 0 Å². The van der Waals surface area contributed by atoms with Crippen LogP contribution in [0, 0.1) is 5.92 Å². The molecule has 1 aliphatic rings. The smallest absolute Gasteiger partial charge is 0.310 e. The molecule has 1 aromatic rings. The number of ether oxygens (including phenoxy) is 1. The van der Waals surface area contributed by atoms with Crippen LogP contribution in [-0.4, -0.2) is 22.5 Å². The van der Waals surface area contributed by atoms with E-state index in [0.717, 1.165) is 5.56 Å². The predicted octanol–water partition coefficient (Wildman–Crippen LogP) is 2.67. The van der Waals surface area contributed by atoms with Crippen molar-refractivity contribution in [2.45, 2.75) is 10.3 Å². The Hall–Kier alpha value is -0.930. The molecule has 0 aliphatic heterocycles. The summed E-state index contributed by atoms with van der Waals surface area (Å²) in [6.45, 7) is 0. The molecule has 1 saturated carbocycles. The van der Waals surface area contributed by atoms with E-state index in [1.807, 2.05) is 6.07 Å². The fourth-order valence-electron chi connectivity index (χ4n) is 1.94. The van der Waals surface area contributed by atoms with Gasteiger partial charge in [-0.3, -0.25) is 4.79 Å². The molecule has 0 unspecified atom stereocenters. The standard InChI is InChI=1S/C11H10Cl2O3/c1-16-7-5-3-2-4-6(7)8-9(10(14)15)11(8,12)13/h2-5,8-9H,1H3,(H,14,15)/t8-,9+/m1/s1. The van der Waals surface area contributed by atoms with Crippen molar-refractivity contribution in [3.05, 3.63) is 29.8 Å². The van der Waals surface area contributed by atoms with E-state index < -0.39 is 22.1 Å². The number of methoxy groups -OCH3 is 1. The normalized spacial score (nSPS) is 26.2. The number of hydrogen-bond donors (Lipinski definition) is 1. The van der Waals surface area contributed by atoms with Crippen molar-refractivity contribution in [2.75, 3.05) is 7.11 Å². The lowest BCUT2D eigenvalue weighted by Crippen LogP contribution is -2.03. The van der Waals surface area contributed by atoms with Gasteiger partial charge in [0.2, 0.25) is 0 Å². The molecule has 0 amide bonds. The van der Waals surface area contributed by atoms with Crippen LogP contribution in [0.15, 0.2) is 24.3 Å². The van der Waals surface area contributed by atoms with E-state index in [-0.39, 0.29) is 0 Å². The number of carboxylic acids is 1. The third-order valence-corrected chi connectivity index (χ3v) is 3.73. The van der Waals surface area contributed by atoms with Crippen molar-refractivity contribution in [1.82, 2.24) is 0 Å². The van der Waals surface area contributed by atoms with E-state index in [1.165, 1.54) is 7.11 Å². The minimum atomic E-state index is -1.24. The maximum atomic E-state index is 11.0. The van der Waals surface area contributed by atoms with Crippen LogP contribution in [0.25, 0.3) is 0 Å². The monoisotopic (exact) mass is 260 g/mol. The first kappa shape index (κ1) is 11.6. The molecule has 1 N–H and O–H groups in total. The third-order valence-electron chi connectivity index (χ3n) is 2.79. The number of rotatable bonds is 3. The van der Waals surface area contributed by atoms with E-state index in [2.05, 4.69) is 0 Å². The maximum Gasteiger partial charge on any atom is 0.310 e. The Labute approximate surface area is 103 Å². The molecule has 0 spiro atoms. The van der Waals surface area contributed by atoms with Gasteiger partial charge in [-0.1, -0.05) is 41.4 Å². The average molecular weight is 261 g/mol. The van der Waals surface area contributed by atoms with Crippen molar-refractivity contribution < 1.29 is 14.6 Å². The van der Waals surface area contributed by atoms with Crippen molar-refractivity contribution >= 4 is 29.2 Å². The summed E-state index contributed by atoms with van der Waals surface area (Å²) in [6.07, 6.45) is 0. The minimum Gasteiger partial charge on any atom is -0.496 e. The van der Waals surface area contributed by atoms with Crippen LogP contribution in [0.4, 0.5) is 0 Å². The van der Waals surface area contributed by atoms with Crippen LogP contribution < -0.4 is 4.74 Å². The Bertz CT molecular complexity index is 431. The second kappa shape index (κ2) is 3.82. The average Bonchev–Trinajstić information content (AvgIpc) is 2.81. The van der Waals surface area contributed by atoms with Crippen molar-refractivity contribution in [2.24, 2.45) is 5.92 Å². The highest BCUT2D eigenvalue weighted by Crippen LogP contribution is 2.66. The quantitative estimate of drug-likeness (QED) is 0.851. The van der Waals surface area contributed by atoms with E-state index in [1.54, 1.807) is 18.2 Å². The molecule has 2 rings (SSSR count). The van der Waals surface area contributed by atoms with E-state index >= 15 is 0 Å². The second-order valence-corrected chi connectivity index (χ2v) is 5.15. The van der Waals surface area contributed by atoms with Gasteiger partial charge in [0, 0.05) is 11.5 Å². The number of carbonyl (C=O) groups is 1. The van der Waals surface area contributed by atoms with Crippen molar-refractivity contribution in [3.63, 3.8) is 0 Å². The summed E-state index contributed by atoms with van der Waals surface area (Å²) in [6, 6.07) is 7.16. The molecule has 5 heteroatoms. The first-order chi connectivity index (χ1) is 7.50. The van der Waals surface area contributed by atoms with Crippen LogP contribution in [0.5, 0.6) is 5.75 Å². The number of para-hydroxylation sites is 1. The van der Waals surface area contributed by atoms with Gasteiger partial charge in [-0.15, -0.1) is 0 Å². The minimum absolute atomic E-state index is 0.413. The van der Waals surface area contributed by atoms with Gasteiger partial charge < -0.3 is 9.84 Å². The summed E-state index contributed by atoms with van der Waals surface area (Å²) >= 11 is 11.9. The molecule has 1 aliphatic carbocycles. The lowest BCUT2D eigenvalue weighted by Gasteiger charge is -2.07. The zero-order valence-electron chi connectivity index (χ0n) is 8.48. The molecule has 1 fully saturated rings. The molecular formula is C11H10Cl2O3. The van der Waals surface area contributed by atoms with Crippen molar-refractivity contribution in [3.8, 4) is 5.75 Å². The molecule has 0 aromatic heterocycles. The molecular weight excluding hydrogens is 251 g/mol. The lowest BCUT2D eigenvalue weighted by molar-refractivity contribution is -0.138. The topological polar surface area (TPSA) is 46.5 Å². The van der Waals surface area contributed by atoms with Crippen molar-refractivity contribution in [1.29, 1.82) is 0 Å². The number of halogens is 2. The highest BCUT2D eigenvalue weighted by atomic mass is 35.5. The van der Waals surface area contributed by atoms with Crippen LogP contribution >= 0.6 is 23.2 Å². The highest BCUT2D eigenvalue weighted by molar-refractivity contribution is 6.53. The number of benzene rings is 1. The van der Waals surface area contributed by atoms with Gasteiger partial charge in [0.1, 0.15) is 16.0 Å². The lowest BCUT2D eigenvalue weighted by atomic mass is 10.1.